The second-order valence-electron chi connectivity index (χ2n) is 5.64. The van der Waals surface area contributed by atoms with Gasteiger partial charge in [-0.05, 0) is 43.2 Å². The topological polar surface area (TPSA) is 109 Å². The van der Waals surface area contributed by atoms with Gasteiger partial charge in [-0.15, -0.1) is 0 Å². The molecule has 2 fully saturated rings. The van der Waals surface area contributed by atoms with E-state index in [0.717, 1.165) is 19.3 Å². The molecule has 1 aromatic rings. The molecule has 2 aliphatic carbocycles. The summed E-state index contributed by atoms with van der Waals surface area (Å²) >= 11 is 0. The Morgan fingerprint density at radius 2 is 1.86 bits per heavy atom. The predicted octanol–water partition coefficient (Wildman–Crippen LogP) is 0.788. The number of nitrogens with one attached hydrogen (secondary N) is 2. The third-order valence-corrected chi connectivity index (χ3v) is 4.55. The minimum Gasteiger partial charge on any atom is -0.481 e. The Hall–Kier alpha value is -2.31. The summed E-state index contributed by atoms with van der Waals surface area (Å²) in [6.07, 6.45) is 3.87. The second-order valence-corrected chi connectivity index (χ2v) is 5.64. The summed E-state index contributed by atoms with van der Waals surface area (Å²) < 4.78 is 4.90. The highest BCUT2D eigenvalue weighted by molar-refractivity contribution is 5.94. The van der Waals surface area contributed by atoms with Crippen molar-refractivity contribution in [3.63, 3.8) is 0 Å². The van der Waals surface area contributed by atoms with E-state index in [0.29, 0.717) is 0 Å². The van der Waals surface area contributed by atoms with Gasteiger partial charge in [0.15, 0.2) is 5.76 Å². The van der Waals surface area contributed by atoms with Crippen LogP contribution in [0.2, 0.25) is 0 Å². The molecular formula is C14H16N2O5. The molecule has 0 saturated heterocycles. The third kappa shape index (κ3) is 2.39. The van der Waals surface area contributed by atoms with Gasteiger partial charge in [-0.2, -0.15) is 0 Å². The molecule has 0 spiro atoms. The van der Waals surface area contributed by atoms with Crippen molar-refractivity contribution in [1.82, 2.24) is 10.9 Å². The highest BCUT2D eigenvalue weighted by Crippen LogP contribution is 2.52. The van der Waals surface area contributed by atoms with Crippen molar-refractivity contribution >= 4 is 17.8 Å². The molecule has 112 valence electrons. The van der Waals surface area contributed by atoms with Crippen molar-refractivity contribution in [2.75, 3.05) is 0 Å². The van der Waals surface area contributed by atoms with Gasteiger partial charge in [-0.25, -0.2) is 0 Å². The fourth-order valence-corrected chi connectivity index (χ4v) is 3.69. The maximum absolute atomic E-state index is 12.2. The van der Waals surface area contributed by atoms with Gasteiger partial charge in [0.25, 0.3) is 0 Å². The fourth-order valence-electron chi connectivity index (χ4n) is 3.69. The van der Waals surface area contributed by atoms with Crippen molar-refractivity contribution < 1.29 is 23.9 Å². The smallest absolute Gasteiger partial charge is 0.307 e. The number of carboxylic acid groups (broad SMARTS) is 1. The normalized spacial score (nSPS) is 30.1. The first-order valence-corrected chi connectivity index (χ1v) is 6.94. The first kappa shape index (κ1) is 13.7. The number of hydrazine groups is 1. The monoisotopic (exact) mass is 292 g/mol. The van der Waals surface area contributed by atoms with E-state index in [1.54, 1.807) is 6.07 Å². The molecule has 2 saturated carbocycles. The maximum atomic E-state index is 12.2. The van der Waals surface area contributed by atoms with Crippen LogP contribution in [-0.4, -0.2) is 22.9 Å². The summed E-state index contributed by atoms with van der Waals surface area (Å²) in [6, 6.07) is 3.03. The van der Waals surface area contributed by atoms with E-state index in [9.17, 15) is 19.5 Å². The van der Waals surface area contributed by atoms with Gasteiger partial charge in [0.2, 0.25) is 5.91 Å². The zero-order valence-electron chi connectivity index (χ0n) is 11.2. The summed E-state index contributed by atoms with van der Waals surface area (Å²) in [5.41, 5.74) is 4.58. The molecule has 0 aromatic carbocycles. The lowest BCUT2D eigenvalue weighted by Gasteiger charge is -2.26. The first-order valence-electron chi connectivity index (χ1n) is 6.94. The van der Waals surface area contributed by atoms with Crippen LogP contribution in [0.25, 0.3) is 0 Å². The van der Waals surface area contributed by atoms with Crippen LogP contribution in [-0.2, 0) is 9.59 Å². The highest BCUT2D eigenvalue weighted by atomic mass is 16.4. The van der Waals surface area contributed by atoms with E-state index in [4.69, 9.17) is 4.42 Å². The molecule has 0 aliphatic heterocycles. The number of furan rings is 1. The average Bonchev–Trinajstić information content (AvgIpc) is 3.17. The van der Waals surface area contributed by atoms with Gasteiger partial charge in [0, 0.05) is 0 Å². The van der Waals surface area contributed by atoms with E-state index in [1.165, 1.54) is 12.3 Å². The second kappa shape index (κ2) is 5.23. The van der Waals surface area contributed by atoms with E-state index in [1.807, 2.05) is 0 Å². The van der Waals surface area contributed by atoms with E-state index in [2.05, 4.69) is 10.9 Å². The van der Waals surface area contributed by atoms with Crippen LogP contribution in [0.1, 0.15) is 29.8 Å². The Kier molecular flexibility index (Phi) is 3.40. The molecule has 2 bridgehead atoms. The lowest BCUT2D eigenvalue weighted by atomic mass is 9.79. The predicted molar refractivity (Wildman–Crippen MR) is 69.8 cm³/mol. The maximum Gasteiger partial charge on any atom is 0.307 e. The molecule has 2 amide bonds. The van der Waals surface area contributed by atoms with Crippen LogP contribution in [0.4, 0.5) is 0 Å². The number of aliphatic carboxylic acids is 1. The largest absolute Gasteiger partial charge is 0.481 e. The first-order chi connectivity index (χ1) is 10.1. The Labute approximate surface area is 120 Å². The molecule has 2 aliphatic rings. The molecule has 4 atom stereocenters. The molecule has 7 heteroatoms. The number of fused-ring (bicyclic) bond motifs is 2. The fraction of sp³-hybridized carbons (Fsp3) is 0.500. The van der Waals surface area contributed by atoms with Gasteiger partial charge in [0.05, 0.1) is 18.1 Å². The summed E-state index contributed by atoms with van der Waals surface area (Å²) in [5.74, 6) is -2.90. The number of rotatable bonds is 3. The van der Waals surface area contributed by atoms with E-state index < -0.39 is 29.6 Å². The van der Waals surface area contributed by atoms with Gasteiger partial charge < -0.3 is 9.52 Å². The molecule has 0 unspecified atom stereocenters. The molecule has 3 N–H and O–H groups in total. The van der Waals surface area contributed by atoms with Gasteiger partial charge in [-0.1, -0.05) is 0 Å². The summed E-state index contributed by atoms with van der Waals surface area (Å²) in [4.78, 5) is 35.2. The summed E-state index contributed by atoms with van der Waals surface area (Å²) in [5, 5.41) is 9.30. The van der Waals surface area contributed by atoms with Crippen LogP contribution in [0.15, 0.2) is 22.8 Å². The minimum atomic E-state index is -0.931. The van der Waals surface area contributed by atoms with E-state index in [-0.39, 0.29) is 17.6 Å². The molecule has 0 radical (unpaired) electrons. The van der Waals surface area contributed by atoms with Crippen LogP contribution >= 0.6 is 0 Å². The standard InChI is InChI=1S/C14H16N2O5/c17-12(9-2-1-5-21-9)15-16-13(18)10-7-3-4-8(6-7)11(10)14(19)20/h1-2,5,7-8,10-11H,3-4,6H2,(H,15,17)(H,16,18)(H,19,20)/t7-,8+,10+,11+/m1/s1. The number of carboxylic acids is 1. The van der Waals surface area contributed by atoms with Crippen molar-refractivity contribution in [1.29, 1.82) is 0 Å². The lowest BCUT2D eigenvalue weighted by Crippen LogP contribution is -2.48. The molecule has 1 heterocycles. The van der Waals surface area contributed by atoms with Crippen LogP contribution in [0.5, 0.6) is 0 Å². The Morgan fingerprint density at radius 3 is 2.48 bits per heavy atom. The zero-order chi connectivity index (χ0) is 15.0. The van der Waals surface area contributed by atoms with Crippen molar-refractivity contribution in [2.45, 2.75) is 19.3 Å². The number of hydrogen-bond donors (Lipinski definition) is 3. The van der Waals surface area contributed by atoms with Gasteiger partial charge >= 0.3 is 11.9 Å². The number of hydrogen-bond acceptors (Lipinski definition) is 4. The Balaban J connectivity index is 1.62. The van der Waals surface area contributed by atoms with Crippen molar-refractivity contribution in [3.05, 3.63) is 24.2 Å². The number of carbonyl (C=O) groups is 3. The molecule has 3 rings (SSSR count). The third-order valence-electron chi connectivity index (χ3n) is 4.55. The van der Waals surface area contributed by atoms with Crippen LogP contribution < -0.4 is 10.9 Å². The Morgan fingerprint density at radius 1 is 1.14 bits per heavy atom. The van der Waals surface area contributed by atoms with Crippen molar-refractivity contribution in [3.8, 4) is 0 Å². The SMILES string of the molecule is O=C(NNC(=O)[C@H]1[C@@H]2CC[C@@H](C2)[C@@H]1C(=O)O)c1ccco1. The highest BCUT2D eigenvalue weighted by Gasteiger charge is 2.54. The quantitative estimate of drug-likeness (QED) is 0.714. The minimum absolute atomic E-state index is 0.0732. The molecular weight excluding hydrogens is 276 g/mol. The average molecular weight is 292 g/mol. The summed E-state index contributed by atoms with van der Waals surface area (Å²) in [6.45, 7) is 0. The lowest BCUT2D eigenvalue weighted by molar-refractivity contribution is -0.149. The van der Waals surface area contributed by atoms with E-state index >= 15 is 0 Å². The van der Waals surface area contributed by atoms with Crippen LogP contribution in [0, 0.1) is 23.7 Å². The van der Waals surface area contributed by atoms with Gasteiger partial charge in [0.1, 0.15) is 0 Å². The molecule has 7 nitrogen and oxygen atoms in total. The number of amides is 2. The van der Waals surface area contributed by atoms with Crippen LogP contribution in [0.3, 0.4) is 0 Å². The molecule has 1 aromatic heterocycles. The zero-order valence-corrected chi connectivity index (χ0v) is 11.2. The van der Waals surface area contributed by atoms with Crippen molar-refractivity contribution in [2.24, 2.45) is 23.7 Å². The van der Waals surface area contributed by atoms with Gasteiger partial charge in [-0.3, -0.25) is 25.2 Å². The Bertz CT molecular complexity index is 568. The molecule has 21 heavy (non-hydrogen) atoms. The summed E-state index contributed by atoms with van der Waals surface area (Å²) in [7, 11) is 0. The number of carbonyl (C=O) groups excluding carboxylic acids is 2.